The van der Waals surface area contributed by atoms with Crippen LogP contribution in [0.15, 0.2) is 32.5 Å². The molecule has 0 saturated carbocycles. The van der Waals surface area contributed by atoms with Gasteiger partial charge in [0.1, 0.15) is 11.6 Å². The summed E-state index contributed by atoms with van der Waals surface area (Å²) >= 11 is 14.3. The van der Waals surface area contributed by atoms with Crippen molar-refractivity contribution in [3.63, 3.8) is 0 Å². The van der Waals surface area contributed by atoms with Gasteiger partial charge in [0.25, 0.3) is 0 Å². The highest BCUT2D eigenvalue weighted by molar-refractivity contribution is 9.10. The minimum absolute atomic E-state index is 0.286. The summed E-state index contributed by atoms with van der Waals surface area (Å²) in [4.78, 5) is 5.76. The molecule has 0 amide bonds. The third kappa shape index (κ3) is 3.04. The fourth-order valence-electron chi connectivity index (χ4n) is 2.20. The second-order valence-electron chi connectivity index (χ2n) is 4.50. The quantitative estimate of drug-likeness (QED) is 0.472. The lowest BCUT2D eigenvalue weighted by Crippen LogP contribution is -2.05. The van der Waals surface area contributed by atoms with Gasteiger partial charge in [0.2, 0.25) is 0 Å². The Kier molecular flexibility index (Phi) is 4.69. The molecule has 0 fully saturated rings. The first kappa shape index (κ1) is 15.5. The van der Waals surface area contributed by atoms with E-state index >= 15 is 0 Å². The first-order valence-corrected chi connectivity index (χ1v) is 9.22. The Morgan fingerprint density at radius 2 is 2.10 bits per heavy atom. The number of rotatable bonds is 4. The summed E-state index contributed by atoms with van der Waals surface area (Å²) in [6, 6.07) is 5.24. The highest BCUT2D eigenvalue weighted by Crippen LogP contribution is 2.28. The molecule has 2 aromatic heterocycles. The normalized spacial score (nSPS) is 11.4. The number of alkyl halides is 1. The standard InChI is InChI=1S/C14H10Br2ClFN2S/c15-8-2-4-21-13(8)7-20-12-6-10(18)9(16)5-11(12)19-14(20)1-3-17/h2,4-6H,1,3,7H2. The number of hydrogen-bond acceptors (Lipinski definition) is 2. The van der Waals surface area contributed by atoms with Crippen molar-refractivity contribution in [1.29, 1.82) is 0 Å². The molecule has 0 saturated heterocycles. The van der Waals surface area contributed by atoms with Crippen molar-refractivity contribution < 1.29 is 4.39 Å². The molecular formula is C14H10Br2ClFN2S. The summed E-state index contributed by atoms with van der Waals surface area (Å²) in [6.45, 7) is 0.655. The minimum Gasteiger partial charge on any atom is -0.322 e. The Bertz CT molecular complexity index is 800. The number of halogens is 4. The molecule has 2 heterocycles. The molecule has 0 aliphatic heterocycles. The van der Waals surface area contributed by atoms with Gasteiger partial charge in [-0.15, -0.1) is 22.9 Å². The van der Waals surface area contributed by atoms with E-state index in [2.05, 4.69) is 36.8 Å². The molecule has 0 aliphatic carbocycles. The Morgan fingerprint density at radius 1 is 1.29 bits per heavy atom. The van der Waals surface area contributed by atoms with Crippen molar-refractivity contribution in [1.82, 2.24) is 9.55 Å². The van der Waals surface area contributed by atoms with Gasteiger partial charge in [-0.3, -0.25) is 0 Å². The summed E-state index contributed by atoms with van der Waals surface area (Å²) in [5, 5.41) is 2.02. The van der Waals surface area contributed by atoms with Crippen molar-refractivity contribution in [2.75, 3.05) is 5.88 Å². The lowest BCUT2D eigenvalue weighted by atomic mass is 10.3. The fraction of sp³-hybridized carbons (Fsp3) is 0.214. The summed E-state index contributed by atoms with van der Waals surface area (Å²) in [7, 11) is 0. The smallest absolute Gasteiger partial charge is 0.139 e. The zero-order chi connectivity index (χ0) is 15.0. The molecule has 3 aromatic rings. The molecule has 1 aromatic carbocycles. The third-order valence-electron chi connectivity index (χ3n) is 3.18. The van der Waals surface area contributed by atoms with Crippen LogP contribution >= 0.6 is 54.8 Å². The van der Waals surface area contributed by atoms with E-state index in [1.54, 1.807) is 17.4 Å². The summed E-state index contributed by atoms with van der Waals surface area (Å²) in [6.07, 6.45) is 0.651. The first-order chi connectivity index (χ1) is 10.1. The fourth-order valence-corrected chi connectivity index (χ4v) is 4.17. The second kappa shape index (κ2) is 6.36. The second-order valence-corrected chi connectivity index (χ2v) is 7.59. The van der Waals surface area contributed by atoms with Crippen LogP contribution in [0.1, 0.15) is 10.7 Å². The van der Waals surface area contributed by atoms with E-state index < -0.39 is 0 Å². The molecule has 0 radical (unpaired) electrons. The van der Waals surface area contributed by atoms with Crippen LogP contribution in [-0.2, 0) is 13.0 Å². The predicted octanol–water partition coefficient (Wildman–Crippen LogP) is 5.59. The highest BCUT2D eigenvalue weighted by Gasteiger charge is 2.15. The Balaban J connectivity index is 2.15. The van der Waals surface area contributed by atoms with Crippen LogP contribution in [0.5, 0.6) is 0 Å². The third-order valence-corrected chi connectivity index (χ3v) is 5.89. The van der Waals surface area contributed by atoms with E-state index in [0.29, 0.717) is 23.3 Å². The van der Waals surface area contributed by atoms with Gasteiger partial charge in [-0.25, -0.2) is 9.37 Å². The molecule has 3 rings (SSSR count). The minimum atomic E-state index is -0.286. The van der Waals surface area contributed by atoms with E-state index in [9.17, 15) is 4.39 Å². The maximum atomic E-state index is 13.9. The van der Waals surface area contributed by atoms with Crippen molar-refractivity contribution in [2.45, 2.75) is 13.0 Å². The maximum Gasteiger partial charge on any atom is 0.139 e. The van der Waals surface area contributed by atoms with E-state index in [4.69, 9.17) is 11.6 Å². The number of imidazole rings is 1. The van der Waals surface area contributed by atoms with Crippen LogP contribution in [0.2, 0.25) is 0 Å². The Morgan fingerprint density at radius 3 is 2.76 bits per heavy atom. The monoisotopic (exact) mass is 450 g/mol. The van der Waals surface area contributed by atoms with Gasteiger partial charge in [-0.05, 0) is 49.4 Å². The number of thiophene rings is 1. The van der Waals surface area contributed by atoms with Gasteiger partial charge in [0, 0.05) is 27.7 Å². The number of benzene rings is 1. The predicted molar refractivity (Wildman–Crippen MR) is 92.9 cm³/mol. The first-order valence-electron chi connectivity index (χ1n) is 6.22. The lowest BCUT2D eigenvalue weighted by molar-refractivity contribution is 0.621. The Hall–Kier alpha value is -0.430. The molecular weight excluding hydrogens is 442 g/mol. The lowest BCUT2D eigenvalue weighted by Gasteiger charge is -2.08. The topological polar surface area (TPSA) is 17.8 Å². The van der Waals surface area contributed by atoms with E-state index in [1.807, 2.05) is 16.0 Å². The molecule has 21 heavy (non-hydrogen) atoms. The number of fused-ring (bicyclic) bond motifs is 1. The summed E-state index contributed by atoms with van der Waals surface area (Å²) < 4.78 is 17.4. The van der Waals surface area contributed by atoms with Gasteiger partial charge >= 0.3 is 0 Å². The maximum absolute atomic E-state index is 13.9. The van der Waals surface area contributed by atoms with Crippen LogP contribution in [0.25, 0.3) is 11.0 Å². The van der Waals surface area contributed by atoms with Gasteiger partial charge < -0.3 is 4.57 Å². The van der Waals surface area contributed by atoms with Crippen molar-refractivity contribution in [3.8, 4) is 0 Å². The average Bonchev–Trinajstić information content (AvgIpc) is 2.98. The highest BCUT2D eigenvalue weighted by atomic mass is 79.9. The van der Waals surface area contributed by atoms with Crippen LogP contribution in [0.4, 0.5) is 4.39 Å². The number of aromatic nitrogens is 2. The molecule has 0 spiro atoms. The van der Waals surface area contributed by atoms with Crippen molar-refractivity contribution in [3.05, 3.63) is 49.0 Å². The van der Waals surface area contributed by atoms with Gasteiger partial charge in [-0.2, -0.15) is 0 Å². The van der Waals surface area contributed by atoms with Gasteiger partial charge in [0.05, 0.1) is 22.1 Å². The largest absolute Gasteiger partial charge is 0.322 e. The van der Waals surface area contributed by atoms with E-state index in [0.717, 1.165) is 21.3 Å². The molecule has 110 valence electrons. The average molecular weight is 453 g/mol. The van der Waals surface area contributed by atoms with Crippen LogP contribution in [0.3, 0.4) is 0 Å². The van der Waals surface area contributed by atoms with Crippen LogP contribution in [-0.4, -0.2) is 15.4 Å². The SMILES string of the molecule is Fc1cc2c(cc1Br)nc(CCCl)n2Cc1sccc1Br. The molecule has 0 aliphatic rings. The zero-order valence-corrected chi connectivity index (χ0v) is 15.5. The number of nitrogens with zero attached hydrogens (tertiary/aromatic N) is 2. The molecule has 2 nitrogen and oxygen atoms in total. The number of hydrogen-bond donors (Lipinski definition) is 0. The van der Waals surface area contributed by atoms with Gasteiger partial charge in [0.15, 0.2) is 0 Å². The summed E-state index contributed by atoms with van der Waals surface area (Å²) in [5.41, 5.74) is 1.56. The Labute approximate surface area is 147 Å². The zero-order valence-electron chi connectivity index (χ0n) is 10.7. The summed E-state index contributed by atoms with van der Waals surface area (Å²) in [5.74, 6) is 1.07. The van der Waals surface area contributed by atoms with Gasteiger partial charge in [-0.1, -0.05) is 0 Å². The molecule has 0 bridgehead atoms. The number of aryl methyl sites for hydroxylation is 1. The van der Waals surface area contributed by atoms with Crippen molar-refractivity contribution >= 4 is 65.8 Å². The van der Waals surface area contributed by atoms with Crippen molar-refractivity contribution in [2.24, 2.45) is 0 Å². The molecule has 0 unspecified atom stereocenters. The molecule has 0 atom stereocenters. The van der Waals surface area contributed by atoms with E-state index in [1.165, 1.54) is 10.9 Å². The molecule has 7 heteroatoms. The van der Waals surface area contributed by atoms with Crippen LogP contribution < -0.4 is 0 Å². The molecule has 0 N–H and O–H groups in total. The van der Waals surface area contributed by atoms with Crippen LogP contribution in [0, 0.1) is 5.82 Å². The van der Waals surface area contributed by atoms with E-state index in [-0.39, 0.29) is 5.82 Å².